The third kappa shape index (κ3) is 8.13. The van der Waals surface area contributed by atoms with Crippen molar-refractivity contribution in [1.82, 2.24) is 10.2 Å². The number of hydrogen-bond donors (Lipinski definition) is 2. The number of carbonyl (C=O) groups is 3. The standard InChI is InChI=1S/C32H43N3O4S/c1-8-23-14-10-15-24(20-23)28(29(36)34-27-21(2)12-9-13-22(27)3)35(25-16-11-17-25)30(37)26(18-19-40-7)33-31(38)39-32(4,5)6/h8-10,12-15,20,25-26,28H,1,11,16-19H2,2-7H3,(H,33,38)(H,34,36). The van der Waals surface area contributed by atoms with E-state index in [-0.39, 0.29) is 17.9 Å². The number of carbonyl (C=O) groups excluding carboxylic acids is 3. The van der Waals surface area contributed by atoms with Gasteiger partial charge in [-0.05, 0) is 101 Å². The fourth-order valence-corrected chi connectivity index (χ4v) is 5.27. The van der Waals surface area contributed by atoms with Crippen molar-refractivity contribution in [3.8, 4) is 0 Å². The Balaban J connectivity index is 2.06. The quantitative estimate of drug-likeness (QED) is 0.318. The first-order chi connectivity index (χ1) is 18.9. The van der Waals surface area contributed by atoms with Gasteiger partial charge in [0.25, 0.3) is 5.91 Å². The van der Waals surface area contributed by atoms with Gasteiger partial charge >= 0.3 is 6.09 Å². The fourth-order valence-electron chi connectivity index (χ4n) is 4.80. The van der Waals surface area contributed by atoms with Gasteiger partial charge in [-0.15, -0.1) is 0 Å². The van der Waals surface area contributed by atoms with Crippen LogP contribution in [0.1, 0.15) is 74.8 Å². The van der Waals surface area contributed by atoms with Crippen LogP contribution < -0.4 is 10.6 Å². The van der Waals surface area contributed by atoms with Crippen LogP contribution in [-0.4, -0.2) is 52.5 Å². The highest BCUT2D eigenvalue weighted by molar-refractivity contribution is 7.98. The first kappa shape index (κ1) is 31.3. The fraction of sp³-hybridized carbons (Fsp3) is 0.469. The minimum atomic E-state index is -0.895. The molecule has 1 saturated carbocycles. The lowest BCUT2D eigenvalue weighted by Crippen LogP contribution is -2.57. The van der Waals surface area contributed by atoms with Gasteiger partial charge in [0.05, 0.1) is 0 Å². The molecule has 2 aromatic rings. The topological polar surface area (TPSA) is 87.7 Å². The summed E-state index contributed by atoms with van der Waals surface area (Å²) in [5.41, 5.74) is 3.47. The van der Waals surface area contributed by atoms with Crippen LogP contribution in [0, 0.1) is 13.8 Å². The van der Waals surface area contributed by atoms with Crippen molar-refractivity contribution in [3.05, 3.63) is 71.3 Å². The lowest BCUT2D eigenvalue weighted by atomic mass is 9.87. The number of hydrogen-bond acceptors (Lipinski definition) is 5. The number of ether oxygens (including phenoxy) is 1. The van der Waals surface area contributed by atoms with E-state index < -0.39 is 23.8 Å². The van der Waals surface area contributed by atoms with Crippen LogP contribution in [-0.2, 0) is 14.3 Å². The summed E-state index contributed by atoms with van der Waals surface area (Å²) in [7, 11) is 0. The van der Waals surface area contributed by atoms with E-state index in [9.17, 15) is 14.4 Å². The molecular weight excluding hydrogens is 522 g/mol. The molecule has 2 atom stereocenters. The number of nitrogens with zero attached hydrogens (tertiary/aromatic N) is 1. The van der Waals surface area contributed by atoms with Crippen LogP contribution in [0.25, 0.3) is 6.08 Å². The lowest BCUT2D eigenvalue weighted by Gasteiger charge is -2.43. The van der Waals surface area contributed by atoms with Gasteiger partial charge in [0.15, 0.2) is 0 Å². The minimum Gasteiger partial charge on any atom is -0.444 e. The van der Waals surface area contributed by atoms with Crippen LogP contribution in [0.3, 0.4) is 0 Å². The zero-order valence-electron chi connectivity index (χ0n) is 24.6. The first-order valence-corrected chi connectivity index (χ1v) is 15.2. The Bertz CT molecular complexity index is 1200. The van der Waals surface area contributed by atoms with Gasteiger partial charge in [-0.1, -0.05) is 49.1 Å². The molecule has 7 nitrogen and oxygen atoms in total. The summed E-state index contributed by atoms with van der Waals surface area (Å²) >= 11 is 1.60. The molecule has 2 N–H and O–H groups in total. The Morgan fingerprint density at radius 2 is 1.77 bits per heavy atom. The molecule has 0 heterocycles. The maximum atomic E-state index is 14.4. The maximum absolute atomic E-state index is 14.4. The van der Waals surface area contributed by atoms with Crippen molar-refractivity contribution in [2.45, 2.75) is 84.0 Å². The number of benzene rings is 2. The number of aryl methyl sites for hydroxylation is 2. The second-order valence-corrected chi connectivity index (χ2v) is 12.3. The second kappa shape index (κ2) is 13.9. The Kier molecular flexibility index (Phi) is 10.9. The molecule has 0 saturated heterocycles. The molecule has 0 radical (unpaired) electrons. The third-order valence-electron chi connectivity index (χ3n) is 7.04. The number of amides is 3. The van der Waals surface area contributed by atoms with Crippen molar-refractivity contribution < 1.29 is 19.1 Å². The molecule has 3 rings (SSSR count). The number of nitrogens with one attached hydrogen (secondary N) is 2. The molecule has 40 heavy (non-hydrogen) atoms. The van der Waals surface area contributed by atoms with E-state index in [0.717, 1.165) is 41.6 Å². The van der Waals surface area contributed by atoms with Crippen LogP contribution in [0.5, 0.6) is 0 Å². The third-order valence-corrected chi connectivity index (χ3v) is 7.68. The second-order valence-electron chi connectivity index (χ2n) is 11.3. The highest BCUT2D eigenvalue weighted by Crippen LogP contribution is 2.35. The van der Waals surface area contributed by atoms with E-state index in [4.69, 9.17) is 4.74 Å². The summed E-state index contributed by atoms with van der Waals surface area (Å²) in [5, 5.41) is 5.95. The monoisotopic (exact) mass is 565 g/mol. The van der Waals surface area contributed by atoms with Crippen molar-refractivity contribution in [2.75, 3.05) is 17.3 Å². The molecule has 0 spiro atoms. The molecule has 216 valence electrons. The molecule has 1 fully saturated rings. The van der Waals surface area contributed by atoms with Gasteiger partial charge in [0.2, 0.25) is 5.91 Å². The Labute approximate surface area is 243 Å². The molecule has 3 amide bonds. The lowest BCUT2D eigenvalue weighted by molar-refractivity contribution is -0.145. The van der Waals surface area contributed by atoms with Crippen LogP contribution in [0.4, 0.5) is 10.5 Å². The number of para-hydroxylation sites is 1. The Morgan fingerprint density at radius 3 is 2.33 bits per heavy atom. The van der Waals surface area contributed by atoms with Crippen LogP contribution in [0.15, 0.2) is 49.0 Å². The Hall–Kier alpha value is -3.26. The van der Waals surface area contributed by atoms with Gasteiger partial charge in [-0.3, -0.25) is 9.59 Å². The number of rotatable bonds is 11. The number of thioether (sulfide) groups is 1. The van der Waals surface area contributed by atoms with Gasteiger partial charge in [-0.2, -0.15) is 11.8 Å². The summed E-state index contributed by atoms with van der Waals surface area (Å²) in [6.45, 7) is 13.1. The molecule has 8 heteroatoms. The SMILES string of the molecule is C=Cc1cccc(C(C(=O)Nc2c(C)cccc2C)N(C(=O)C(CCSC)NC(=O)OC(C)(C)C)C2CCC2)c1. The van der Waals surface area contributed by atoms with E-state index in [1.165, 1.54) is 0 Å². The van der Waals surface area contributed by atoms with Crippen molar-refractivity contribution >= 4 is 41.4 Å². The average molecular weight is 566 g/mol. The molecule has 0 aliphatic heterocycles. The predicted octanol–water partition coefficient (Wildman–Crippen LogP) is 6.65. The van der Waals surface area contributed by atoms with Gasteiger partial charge in [-0.25, -0.2) is 4.79 Å². The van der Waals surface area contributed by atoms with Crippen LogP contribution in [0.2, 0.25) is 0 Å². The molecule has 1 aliphatic carbocycles. The molecule has 2 aromatic carbocycles. The van der Waals surface area contributed by atoms with E-state index in [0.29, 0.717) is 17.7 Å². The van der Waals surface area contributed by atoms with E-state index in [1.54, 1.807) is 43.5 Å². The molecule has 0 aromatic heterocycles. The summed E-state index contributed by atoms with van der Waals surface area (Å²) in [5.74, 6) is 0.0886. The predicted molar refractivity (Wildman–Crippen MR) is 164 cm³/mol. The summed E-state index contributed by atoms with van der Waals surface area (Å²) < 4.78 is 5.49. The van der Waals surface area contributed by atoms with Gasteiger partial charge in [0.1, 0.15) is 17.7 Å². The first-order valence-electron chi connectivity index (χ1n) is 13.8. The number of anilines is 1. The molecule has 0 bridgehead atoms. The minimum absolute atomic E-state index is 0.120. The zero-order chi connectivity index (χ0) is 29.4. The highest BCUT2D eigenvalue weighted by atomic mass is 32.2. The smallest absolute Gasteiger partial charge is 0.408 e. The van der Waals surface area contributed by atoms with Crippen LogP contribution >= 0.6 is 11.8 Å². The summed E-state index contributed by atoms with van der Waals surface area (Å²) in [4.78, 5) is 43.1. The molecular formula is C32H43N3O4S. The average Bonchev–Trinajstić information content (AvgIpc) is 2.86. The van der Waals surface area contributed by atoms with Crippen molar-refractivity contribution in [3.63, 3.8) is 0 Å². The Morgan fingerprint density at radius 1 is 1.12 bits per heavy atom. The largest absolute Gasteiger partial charge is 0.444 e. The number of alkyl carbamates (subject to hydrolysis) is 1. The summed E-state index contributed by atoms with van der Waals surface area (Å²) in [6, 6.07) is 11.6. The summed E-state index contributed by atoms with van der Waals surface area (Å²) in [6.07, 6.45) is 6.02. The van der Waals surface area contributed by atoms with Gasteiger partial charge < -0.3 is 20.3 Å². The zero-order valence-corrected chi connectivity index (χ0v) is 25.4. The van der Waals surface area contributed by atoms with Crippen molar-refractivity contribution in [2.24, 2.45) is 0 Å². The normalized spacial score (nSPS) is 14.8. The van der Waals surface area contributed by atoms with E-state index in [1.807, 2.05) is 62.6 Å². The maximum Gasteiger partial charge on any atom is 0.408 e. The van der Waals surface area contributed by atoms with Crippen molar-refractivity contribution in [1.29, 1.82) is 0 Å². The van der Waals surface area contributed by atoms with E-state index >= 15 is 0 Å². The molecule has 2 unspecified atom stereocenters. The highest BCUT2D eigenvalue weighted by Gasteiger charge is 2.42. The molecule has 1 aliphatic rings. The van der Waals surface area contributed by atoms with Gasteiger partial charge in [0, 0.05) is 11.7 Å². The van der Waals surface area contributed by atoms with E-state index in [2.05, 4.69) is 17.2 Å².